The van der Waals surface area contributed by atoms with Gasteiger partial charge in [0.2, 0.25) is 0 Å². The number of carbonyl (C=O) groups is 1. The predicted octanol–water partition coefficient (Wildman–Crippen LogP) is 4.19. The Kier molecular flexibility index (Phi) is 4.52. The van der Waals surface area contributed by atoms with Crippen LogP contribution in [0.2, 0.25) is 0 Å². The smallest absolute Gasteiger partial charge is 0.407 e. The van der Waals surface area contributed by atoms with Gasteiger partial charge in [0.1, 0.15) is 11.4 Å². The number of nitrogens with one attached hydrogen (secondary N) is 1. The summed E-state index contributed by atoms with van der Waals surface area (Å²) in [5.41, 5.74) is 1.76. The first-order chi connectivity index (χ1) is 11.3. The van der Waals surface area contributed by atoms with Crippen molar-refractivity contribution in [2.24, 2.45) is 0 Å². The van der Waals surface area contributed by atoms with Crippen molar-refractivity contribution in [1.82, 2.24) is 14.7 Å². The number of aromatic nitrogens is 2. The number of amides is 1. The third kappa shape index (κ3) is 3.71. The molecule has 2 atom stereocenters. The number of carbonyl (C=O) groups excluding carboxylic acids is 1. The van der Waals surface area contributed by atoms with E-state index in [1.807, 2.05) is 32.9 Å². The predicted molar refractivity (Wildman–Crippen MR) is 94.3 cm³/mol. The van der Waals surface area contributed by atoms with E-state index in [9.17, 15) is 4.79 Å². The third-order valence-corrected chi connectivity index (χ3v) is 4.52. The molecular formula is C19H27N3O2. The van der Waals surface area contributed by atoms with Crippen molar-refractivity contribution < 1.29 is 9.53 Å². The Hall–Kier alpha value is -2.04. The summed E-state index contributed by atoms with van der Waals surface area (Å²) in [5.74, 6) is 1.47. The van der Waals surface area contributed by atoms with Gasteiger partial charge in [0.05, 0.1) is 11.2 Å². The van der Waals surface area contributed by atoms with E-state index < -0.39 is 5.60 Å². The summed E-state index contributed by atoms with van der Waals surface area (Å²) in [6, 6.07) is 6.33. The SMILES string of the molecule is Cc1nc([C@H]2CCC[C@@H](NC(=O)OC(C)(C)C)C2)n2ccccc12. The monoisotopic (exact) mass is 329 g/mol. The average molecular weight is 329 g/mol. The summed E-state index contributed by atoms with van der Waals surface area (Å²) in [6.07, 6.45) is 5.86. The number of imidazole rings is 1. The van der Waals surface area contributed by atoms with Crippen LogP contribution in [0.3, 0.4) is 0 Å². The average Bonchev–Trinajstić information content (AvgIpc) is 2.83. The first-order valence-electron chi connectivity index (χ1n) is 8.76. The van der Waals surface area contributed by atoms with Gasteiger partial charge in [-0.2, -0.15) is 0 Å². The maximum absolute atomic E-state index is 12.0. The summed E-state index contributed by atoms with van der Waals surface area (Å²) in [5, 5.41) is 3.03. The van der Waals surface area contributed by atoms with Gasteiger partial charge < -0.3 is 14.5 Å². The van der Waals surface area contributed by atoms with E-state index in [0.29, 0.717) is 5.92 Å². The minimum absolute atomic E-state index is 0.148. The van der Waals surface area contributed by atoms with Gasteiger partial charge in [0, 0.05) is 18.2 Å². The molecule has 1 saturated carbocycles. The van der Waals surface area contributed by atoms with Gasteiger partial charge >= 0.3 is 6.09 Å². The molecular weight excluding hydrogens is 302 g/mol. The lowest BCUT2D eigenvalue weighted by molar-refractivity contribution is 0.0490. The molecule has 0 aliphatic heterocycles. The zero-order valence-corrected chi connectivity index (χ0v) is 15.0. The molecule has 1 fully saturated rings. The molecule has 2 aromatic heterocycles. The lowest BCUT2D eigenvalue weighted by Gasteiger charge is -2.30. The van der Waals surface area contributed by atoms with Crippen molar-refractivity contribution in [3.8, 4) is 0 Å². The first-order valence-corrected chi connectivity index (χ1v) is 8.76. The zero-order chi connectivity index (χ0) is 17.3. The molecule has 0 spiro atoms. The van der Waals surface area contributed by atoms with E-state index in [1.165, 1.54) is 0 Å². The first kappa shape index (κ1) is 16.8. The molecule has 24 heavy (non-hydrogen) atoms. The molecule has 0 saturated heterocycles. The van der Waals surface area contributed by atoms with Crippen molar-refractivity contribution in [3.05, 3.63) is 35.9 Å². The quantitative estimate of drug-likeness (QED) is 0.898. The number of hydrogen-bond acceptors (Lipinski definition) is 3. The second-order valence-corrected chi connectivity index (χ2v) is 7.72. The molecule has 3 rings (SSSR count). The fraction of sp³-hybridized carbons (Fsp3) is 0.579. The molecule has 1 N–H and O–H groups in total. The van der Waals surface area contributed by atoms with E-state index in [-0.39, 0.29) is 12.1 Å². The van der Waals surface area contributed by atoms with Crippen molar-refractivity contribution in [2.75, 3.05) is 0 Å². The molecule has 2 aromatic rings. The molecule has 130 valence electrons. The third-order valence-electron chi connectivity index (χ3n) is 4.52. The van der Waals surface area contributed by atoms with Crippen LogP contribution in [0.25, 0.3) is 5.52 Å². The molecule has 0 unspecified atom stereocenters. The minimum atomic E-state index is -0.464. The van der Waals surface area contributed by atoms with Crippen LogP contribution in [0.4, 0.5) is 4.79 Å². The van der Waals surface area contributed by atoms with Crippen molar-refractivity contribution in [2.45, 2.75) is 70.9 Å². The van der Waals surface area contributed by atoms with Gasteiger partial charge in [-0.05, 0) is 59.1 Å². The van der Waals surface area contributed by atoms with E-state index in [4.69, 9.17) is 9.72 Å². The van der Waals surface area contributed by atoms with Crippen LogP contribution in [0.1, 0.15) is 63.9 Å². The van der Waals surface area contributed by atoms with Crippen LogP contribution >= 0.6 is 0 Å². The van der Waals surface area contributed by atoms with Crippen LogP contribution in [0.15, 0.2) is 24.4 Å². The van der Waals surface area contributed by atoms with E-state index >= 15 is 0 Å². The zero-order valence-electron chi connectivity index (χ0n) is 15.0. The summed E-state index contributed by atoms with van der Waals surface area (Å²) < 4.78 is 7.58. The highest BCUT2D eigenvalue weighted by atomic mass is 16.6. The van der Waals surface area contributed by atoms with Crippen LogP contribution < -0.4 is 5.32 Å². The Balaban J connectivity index is 1.72. The highest BCUT2D eigenvalue weighted by molar-refractivity contribution is 5.68. The van der Waals surface area contributed by atoms with Crippen LogP contribution in [-0.2, 0) is 4.74 Å². The largest absolute Gasteiger partial charge is 0.444 e. The van der Waals surface area contributed by atoms with E-state index in [1.54, 1.807) is 0 Å². The molecule has 0 radical (unpaired) electrons. The van der Waals surface area contributed by atoms with Crippen LogP contribution in [0, 0.1) is 6.92 Å². The van der Waals surface area contributed by atoms with Gasteiger partial charge in [-0.3, -0.25) is 0 Å². The lowest BCUT2D eigenvalue weighted by Crippen LogP contribution is -2.41. The molecule has 1 aliphatic rings. The minimum Gasteiger partial charge on any atom is -0.444 e. The fourth-order valence-corrected chi connectivity index (χ4v) is 3.54. The van der Waals surface area contributed by atoms with Crippen LogP contribution in [-0.4, -0.2) is 27.1 Å². The van der Waals surface area contributed by atoms with E-state index in [0.717, 1.165) is 42.7 Å². The molecule has 0 aromatic carbocycles. The Bertz CT molecular complexity index is 730. The standard InChI is InChI=1S/C19H27N3O2/c1-13-16-10-5-6-11-22(16)17(20-13)14-8-7-9-15(12-14)21-18(23)24-19(2,3)4/h5-6,10-11,14-15H,7-9,12H2,1-4H3,(H,21,23)/t14-,15+/m0/s1. The number of pyridine rings is 1. The Labute approximate surface area is 143 Å². The molecule has 2 heterocycles. The normalized spacial score (nSPS) is 21.7. The van der Waals surface area contributed by atoms with Gasteiger partial charge in [-0.15, -0.1) is 0 Å². The molecule has 1 aliphatic carbocycles. The van der Waals surface area contributed by atoms with E-state index in [2.05, 4.69) is 28.9 Å². The fourth-order valence-electron chi connectivity index (χ4n) is 3.54. The second-order valence-electron chi connectivity index (χ2n) is 7.72. The molecule has 0 bridgehead atoms. The van der Waals surface area contributed by atoms with Crippen molar-refractivity contribution in [1.29, 1.82) is 0 Å². The Morgan fingerprint density at radius 1 is 1.33 bits per heavy atom. The topological polar surface area (TPSA) is 55.6 Å². The summed E-state index contributed by atoms with van der Waals surface area (Å²) in [7, 11) is 0. The highest BCUT2D eigenvalue weighted by Gasteiger charge is 2.28. The van der Waals surface area contributed by atoms with Gasteiger partial charge in [0.15, 0.2) is 0 Å². The maximum Gasteiger partial charge on any atom is 0.407 e. The number of aryl methyl sites for hydroxylation is 1. The second kappa shape index (κ2) is 6.46. The van der Waals surface area contributed by atoms with Crippen molar-refractivity contribution >= 4 is 11.6 Å². The maximum atomic E-state index is 12.0. The summed E-state index contributed by atoms with van der Waals surface area (Å²) in [6.45, 7) is 7.71. The van der Waals surface area contributed by atoms with Crippen molar-refractivity contribution in [3.63, 3.8) is 0 Å². The molecule has 1 amide bonds. The van der Waals surface area contributed by atoms with Gasteiger partial charge in [-0.1, -0.05) is 12.5 Å². The van der Waals surface area contributed by atoms with Crippen LogP contribution in [0.5, 0.6) is 0 Å². The number of hydrogen-bond donors (Lipinski definition) is 1. The number of alkyl carbamates (subject to hydrolysis) is 1. The summed E-state index contributed by atoms with van der Waals surface area (Å²) >= 11 is 0. The number of fused-ring (bicyclic) bond motifs is 1. The van der Waals surface area contributed by atoms with Gasteiger partial charge in [0.25, 0.3) is 0 Å². The molecule has 5 heteroatoms. The Morgan fingerprint density at radius 3 is 2.88 bits per heavy atom. The number of nitrogens with zero attached hydrogens (tertiary/aromatic N) is 2. The number of ether oxygens (including phenoxy) is 1. The highest BCUT2D eigenvalue weighted by Crippen LogP contribution is 2.33. The van der Waals surface area contributed by atoms with Gasteiger partial charge in [-0.25, -0.2) is 9.78 Å². The number of rotatable bonds is 2. The summed E-state index contributed by atoms with van der Waals surface area (Å²) in [4.78, 5) is 16.8. The Morgan fingerprint density at radius 2 is 2.12 bits per heavy atom. The molecule has 5 nitrogen and oxygen atoms in total. The lowest BCUT2D eigenvalue weighted by atomic mass is 9.85.